The highest BCUT2D eigenvalue weighted by Crippen LogP contribution is 2.15. The molecule has 0 saturated carbocycles. The van der Waals surface area contributed by atoms with Crippen LogP contribution in [0.4, 0.5) is 0 Å². The number of carbonyl (C=O) groups is 3. The Morgan fingerprint density at radius 3 is 1.28 bits per heavy atom. The standard InChI is InChI=1S/C49H93NO8/c1-6-8-10-12-14-16-18-20-21-22-23-24-25-26-27-28-30-32-34-36-38-40-47(52)58-45(44-57-49(48(53)54)55-42-41-50(3,4)5)43-56-46(51)39-37-35-33-31-29-19-17-15-13-11-9-7-2/h22-23,45,49H,6-21,24-44H2,1-5H3/p+1/b23-22-. The van der Waals surface area contributed by atoms with E-state index in [0.717, 1.165) is 38.5 Å². The van der Waals surface area contributed by atoms with Gasteiger partial charge in [0.05, 0.1) is 34.4 Å². The van der Waals surface area contributed by atoms with E-state index in [0.29, 0.717) is 17.4 Å². The molecule has 2 unspecified atom stereocenters. The van der Waals surface area contributed by atoms with Crippen molar-refractivity contribution >= 4 is 17.9 Å². The first kappa shape index (κ1) is 56.0. The predicted octanol–water partition coefficient (Wildman–Crippen LogP) is 13.1. The Hall–Kier alpha value is -1.97. The van der Waals surface area contributed by atoms with Gasteiger partial charge in [-0.25, -0.2) is 4.79 Å². The molecule has 0 aliphatic rings. The van der Waals surface area contributed by atoms with Gasteiger partial charge in [-0.1, -0.05) is 187 Å². The summed E-state index contributed by atoms with van der Waals surface area (Å²) in [5, 5.41) is 9.64. The Morgan fingerprint density at radius 2 is 0.879 bits per heavy atom. The number of esters is 2. The highest BCUT2D eigenvalue weighted by Gasteiger charge is 2.25. The molecule has 1 N–H and O–H groups in total. The number of aliphatic carboxylic acids is 1. The number of likely N-dealkylation sites (N-methyl/N-ethyl adjacent to an activating group) is 1. The molecule has 0 bridgehead atoms. The number of carbonyl (C=O) groups excluding carboxylic acids is 2. The van der Waals surface area contributed by atoms with E-state index in [2.05, 4.69) is 26.0 Å². The molecule has 0 aromatic heterocycles. The number of unbranched alkanes of at least 4 members (excludes halogenated alkanes) is 28. The van der Waals surface area contributed by atoms with Crippen LogP contribution < -0.4 is 0 Å². The molecule has 0 spiro atoms. The monoisotopic (exact) mass is 825 g/mol. The van der Waals surface area contributed by atoms with E-state index in [1.54, 1.807) is 0 Å². The van der Waals surface area contributed by atoms with Gasteiger partial charge < -0.3 is 28.5 Å². The molecule has 0 heterocycles. The summed E-state index contributed by atoms with van der Waals surface area (Å²) < 4.78 is 22.8. The lowest BCUT2D eigenvalue weighted by Crippen LogP contribution is -2.40. The molecule has 0 amide bonds. The summed E-state index contributed by atoms with van der Waals surface area (Å²) in [6.07, 6.45) is 41.3. The maximum Gasteiger partial charge on any atom is 0.361 e. The van der Waals surface area contributed by atoms with Crippen LogP contribution in [0.3, 0.4) is 0 Å². The Labute approximate surface area is 357 Å². The highest BCUT2D eigenvalue weighted by molar-refractivity contribution is 5.71. The third-order valence-electron chi connectivity index (χ3n) is 10.8. The lowest BCUT2D eigenvalue weighted by Gasteiger charge is -2.25. The van der Waals surface area contributed by atoms with Gasteiger partial charge in [-0.15, -0.1) is 0 Å². The number of quaternary nitrogens is 1. The van der Waals surface area contributed by atoms with Crippen molar-refractivity contribution in [1.29, 1.82) is 0 Å². The Bertz CT molecular complexity index is 965. The number of carboxylic acid groups (broad SMARTS) is 1. The first-order valence-electron chi connectivity index (χ1n) is 24.4. The lowest BCUT2D eigenvalue weighted by atomic mass is 10.0. The van der Waals surface area contributed by atoms with Gasteiger partial charge in [0, 0.05) is 12.8 Å². The van der Waals surface area contributed by atoms with Crippen molar-refractivity contribution in [2.75, 3.05) is 47.5 Å². The van der Waals surface area contributed by atoms with Gasteiger partial charge in [-0.2, -0.15) is 0 Å². The molecule has 0 aromatic carbocycles. The van der Waals surface area contributed by atoms with Crippen molar-refractivity contribution in [1.82, 2.24) is 0 Å². The van der Waals surface area contributed by atoms with Gasteiger partial charge in [0.2, 0.25) is 0 Å². The smallest absolute Gasteiger partial charge is 0.361 e. The highest BCUT2D eigenvalue weighted by atomic mass is 16.7. The first-order valence-corrected chi connectivity index (χ1v) is 24.4. The zero-order valence-electron chi connectivity index (χ0n) is 38.7. The number of rotatable bonds is 45. The summed E-state index contributed by atoms with van der Waals surface area (Å²) in [7, 11) is 5.96. The largest absolute Gasteiger partial charge is 0.477 e. The van der Waals surface area contributed by atoms with E-state index in [9.17, 15) is 19.5 Å². The quantitative estimate of drug-likeness (QED) is 0.0213. The molecule has 0 aliphatic heterocycles. The van der Waals surface area contributed by atoms with Crippen molar-refractivity contribution in [3.63, 3.8) is 0 Å². The van der Waals surface area contributed by atoms with Crippen LogP contribution in [0.2, 0.25) is 0 Å². The minimum absolute atomic E-state index is 0.177. The fourth-order valence-electron chi connectivity index (χ4n) is 6.95. The molecular formula is C49H94NO8+. The third-order valence-corrected chi connectivity index (χ3v) is 10.8. The SMILES string of the molecule is CCCCCCCCCC/C=C\CCCCCCCCCCCC(=O)OC(COC(=O)CCCCCCCCCCCCCC)COC(OCC[N+](C)(C)C)C(=O)O. The third kappa shape index (κ3) is 42.2. The minimum atomic E-state index is -1.50. The predicted molar refractivity (Wildman–Crippen MR) is 240 cm³/mol. The number of hydrogen-bond donors (Lipinski definition) is 1. The molecule has 0 radical (unpaired) electrons. The van der Waals surface area contributed by atoms with Crippen LogP contribution in [0.1, 0.15) is 226 Å². The van der Waals surface area contributed by atoms with Crippen molar-refractivity contribution in [2.24, 2.45) is 0 Å². The van der Waals surface area contributed by atoms with Crippen LogP contribution in [-0.2, 0) is 33.3 Å². The van der Waals surface area contributed by atoms with E-state index in [4.69, 9.17) is 18.9 Å². The van der Waals surface area contributed by atoms with E-state index < -0.39 is 24.3 Å². The molecule has 0 saturated heterocycles. The maximum atomic E-state index is 12.8. The molecule has 2 atom stereocenters. The second-order valence-corrected chi connectivity index (χ2v) is 17.8. The summed E-state index contributed by atoms with van der Waals surface area (Å²) in [5.41, 5.74) is 0. The molecule has 342 valence electrons. The van der Waals surface area contributed by atoms with Gasteiger partial charge in [-0.05, 0) is 38.5 Å². The summed E-state index contributed by atoms with van der Waals surface area (Å²) in [6.45, 7) is 4.89. The average molecular weight is 825 g/mol. The molecule has 0 aliphatic carbocycles. The van der Waals surface area contributed by atoms with Crippen molar-refractivity contribution in [3.05, 3.63) is 12.2 Å². The molecule has 9 nitrogen and oxygen atoms in total. The molecule has 0 aromatic rings. The Kier molecular flexibility index (Phi) is 40.3. The van der Waals surface area contributed by atoms with E-state index in [1.807, 2.05) is 21.1 Å². The average Bonchev–Trinajstić information content (AvgIpc) is 3.18. The molecule has 58 heavy (non-hydrogen) atoms. The van der Waals surface area contributed by atoms with Gasteiger partial charge in [0.15, 0.2) is 6.10 Å². The van der Waals surface area contributed by atoms with Crippen LogP contribution in [0, 0.1) is 0 Å². The zero-order valence-corrected chi connectivity index (χ0v) is 38.7. The molecule has 9 heteroatoms. The van der Waals surface area contributed by atoms with Crippen molar-refractivity contribution < 1.29 is 42.9 Å². The number of hydrogen-bond acceptors (Lipinski definition) is 7. The van der Waals surface area contributed by atoms with E-state index in [1.165, 1.54) is 161 Å². The second-order valence-electron chi connectivity index (χ2n) is 17.8. The van der Waals surface area contributed by atoms with Gasteiger partial charge in [0.25, 0.3) is 6.29 Å². The van der Waals surface area contributed by atoms with Crippen LogP contribution in [-0.4, -0.2) is 87.4 Å². The lowest BCUT2D eigenvalue weighted by molar-refractivity contribution is -0.870. The molecular weight excluding hydrogens is 731 g/mol. The number of carboxylic acids is 1. The Morgan fingerprint density at radius 1 is 0.500 bits per heavy atom. The topological polar surface area (TPSA) is 108 Å². The number of allylic oxidation sites excluding steroid dienone is 2. The molecule has 0 rings (SSSR count). The van der Waals surface area contributed by atoms with E-state index >= 15 is 0 Å². The van der Waals surface area contributed by atoms with Crippen LogP contribution in [0.5, 0.6) is 0 Å². The van der Waals surface area contributed by atoms with Gasteiger partial charge in [-0.3, -0.25) is 9.59 Å². The second kappa shape index (κ2) is 41.8. The molecule has 0 fully saturated rings. The summed E-state index contributed by atoms with van der Waals surface area (Å²) in [4.78, 5) is 37.1. The Balaban J connectivity index is 4.31. The summed E-state index contributed by atoms with van der Waals surface area (Å²) in [5.74, 6) is -1.99. The summed E-state index contributed by atoms with van der Waals surface area (Å²) in [6, 6.07) is 0. The fraction of sp³-hybridized carbons (Fsp3) is 0.898. The van der Waals surface area contributed by atoms with Gasteiger partial charge in [0.1, 0.15) is 13.2 Å². The fourth-order valence-corrected chi connectivity index (χ4v) is 6.95. The number of nitrogens with zero attached hydrogens (tertiary/aromatic N) is 1. The van der Waals surface area contributed by atoms with Crippen molar-refractivity contribution in [3.8, 4) is 0 Å². The van der Waals surface area contributed by atoms with Crippen LogP contribution in [0.15, 0.2) is 12.2 Å². The normalized spacial score (nSPS) is 12.9. The minimum Gasteiger partial charge on any atom is -0.477 e. The van der Waals surface area contributed by atoms with Crippen LogP contribution in [0.25, 0.3) is 0 Å². The van der Waals surface area contributed by atoms with E-state index in [-0.39, 0.29) is 32.2 Å². The van der Waals surface area contributed by atoms with Crippen LogP contribution >= 0.6 is 0 Å². The zero-order chi connectivity index (χ0) is 42.8. The number of ether oxygens (including phenoxy) is 4. The van der Waals surface area contributed by atoms with Crippen molar-refractivity contribution in [2.45, 2.75) is 238 Å². The first-order chi connectivity index (χ1) is 28.1. The van der Waals surface area contributed by atoms with Gasteiger partial charge >= 0.3 is 17.9 Å². The summed E-state index contributed by atoms with van der Waals surface area (Å²) >= 11 is 0. The maximum absolute atomic E-state index is 12.8.